The maximum Gasteiger partial charge on any atom is 0.349 e. The Bertz CT molecular complexity index is 1110. The summed E-state index contributed by atoms with van der Waals surface area (Å²) in [4.78, 5) is 12.3. The third-order valence-electron chi connectivity index (χ3n) is 3.68. The largest absolute Gasteiger partial charge is 0.495 e. The molecule has 6 nitrogen and oxygen atoms in total. The second-order valence-corrected chi connectivity index (χ2v) is 8.51. The Kier molecular flexibility index (Phi) is 5.59. The standard InChI is InChI=1S/C18H16ClNO5S2/c1-3-25-18(21)16-17(12-6-4-5-7-15(12)26-16)27(22,23)20-11-8-9-14(24-2)13(19)10-11/h4-10,20H,3H2,1-2H3. The minimum absolute atomic E-state index is 0.0326. The van der Waals surface area contributed by atoms with E-state index in [4.69, 9.17) is 21.1 Å². The van der Waals surface area contributed by atoms with E-state index in [-0.39, 0.29) is 27.1 Å². The van der Waals surface area contributed by atoms with Gasteiger partial charge in [-0.05, 0) is 31.2 Å². The molecule has 0 aliphatic rings. The summed E-state index contributed by atoms with van der Waals surface area (Å²) in [6, 6.07) is 11.4. The summed E-state index contributed by atoms with van der Waals surface area (Å²) in [5, 5.41) is 0.719. The van der Waals surface area contributed by atoms with E-state index in [0.29, 0.717) is 15.8 Å². The molecule has 0 aliphatic heterocycles. The minimum atomic E-state index is -4.07. The first-order valence-corrected chi connectivity index (χ1v) is 10.6. The van der Waals surface area contributed by atoms with Gasteiger partial charge in [0.2, 0.25) is 0 Å². The van der Waals surface area contributed by atoms with Gasteiger partial charge < -0.3 is 9.47 Å². The first-order valence-electron chi connectivity index (χ1n) is 7.92. The van der Waals surface area contributed by atoms with Crippen LogP contribution in [0.2, 0.25) is 5.02 Å². The van der Waals surface area contributed by atoms with Crippen LogP contribution in [0.4, 0.5) is 5.69 Å². The predicted molar refractivity (Wildman–Crippen MR) is 107 cm³/mol. The topological polar surface area (TPSA) is 81.7 Å². The van der Waals surface area contributed by atoms with Crippen molar-refractivity contribution in [3.8, 4) is 5.75 Å². The van der Waals surface area contributed by atoms with E-state index in [0.717, 1.165) is 11.3 Å². The maximum absolute atomic E-state index is 13.1. The van der Waals surface area contributed by atoms with Crippen LogP contribution >= 0.6 is 22.9 Å². The molecule has 27 heavy (non-hydrogen) atoms. The van der Waals surface area contributed by atoms with Crippen LogP contribution in [0.3, 0.4) is 0 Å². The van der Waals surface area contributed by atoms with Gasteiger partial charge in [-0.1, -0.05) is 29.8 Å². The Labute approximate surface area is 165 Å². The molecule has 9 heteroatoms. The van der Waals surface area contributed by atoms with Crippen molar-refractivity contribution in [3.63, 3.8) is 0 Å². The van der Waals surface area contributed by atoms with Gasteiger partial charge in [-0.3, -0.25) is 4.72 Å². The van der Waals surface area contributed by atoms with Crippen LogP contribution in [0.15, 0.2) is 47.4 Å². The number of benzene rings is 2. The van der Waals surface area contributed by atoms with Gasteiger partial charge in [0.1, 0.15) is 15.5 Å². The monoisotopic (exact) mass is 425 g/mol. The molecular weight excluding hydrogens is 410 g/mol. The third-order valence-corrected chi connectivity index (χ3v) is 6.72. The average molecular weight is 426 g/mol. The lowest BCUT2D eigenvalue weighted by Crippen LogP contribution is -2.16. The number of methoxy groups -OCH3 is 1. The lowest BCUT2D eigenvalue weighted by atomic mass is 10.2. The van der Waals surface area contributed by atoms with Gasteiger partial charge in [0.15, 0.2) is 0 Å². The number of ether oxygens (including phenoxy) is 2. The Morgan fingerprint density at radius 3 is 2.63 bits per heavy atom. The molecule has 0 spiro atoms. The number of hydrogen-bond donors (Lipinski definition) is 1. The molecule has 1 N–H and O–H groups in total. The molecule has 0 atom stereocenters. The number of esters is 1. The fraction of sp³-hybridized carbons (Fsp3) is 0.167. The van der Waals surface area contributed by atoms with Crippen LogP contribution < -0.4 is 9.46 Å². The summed E-state index contributed by atoms with van der Waals surface area (Å²) in [6.07, 6.45) is 0. The Hall–Kier alpha value is -2.29. The molecule has 0 unspecified atom stereocenters. The first kappa shape index (κ1) is 19.5. The summed E-state index contributed by atoms with van der Waals surface area (Å²) in [5.74, 6) is -0.250. The predicted octanol–water partition coefficient (Wildman–Crippen LogP) is 4.54. The van der Waals surface area contributed by atoms with E-state index in [9.17, 15) is 13.2 Å². The van der Waals surface area contributed by atoms with E-state index in [2.05, 4.69) is 4.72 Å². The number of halogens is 1. The van der Waals surface area contributed by atoms with Crippen LogP contribution in [0.25, 0.3) is 10.1 Å². The fourth-order valence-corrected chi connectivity index (χ4v) is 5.66. The van der Waals surface area contributed by atoms with Crippen molar-refractivity contribution in [1.29, 1.82) is 0 Å². The Balaban J connectivity index is 2.10. The van der Waals surface area contributed by atoms with Gasteiger partial charge in [-0.25, -0.2) is 13.2 Å². The fourth-order valence-electron chi connectivity index (χ4n) is 2.56. The van der Waals surface area contributed by atoms with Crippen LogP contribution in [0, 0.1) is 0 Å². The summed E-state index contributed by atoms with van der Waals surface area (Å²) in [6.45, 7) is 1.81. The SMILES string of the molecule is CCOC(=O)c1sc2ccccc2c1S(=O)(=O)Nc1ccc(OC)c(Cl)c1. The molecule has 0 fully saturated rings. The summed E-state index contributed by atoms with van der Waals surface area (Å²) in [7, 11) is -2.60. The van der Waals surface area contributed by atoms with Crippen molar-refractivity contribution < 1.29 is 22.7 Å². The molecule has 3 rings (SSSR count). The first-order chi connectivity index (χ1) is 12.9. The average Bonchev–Trinajstić information content (AvgIpc) is 3.02. The lowest BCUT2D eigenvalue weighted by molar-refractivity contribution is 0.0528. The summed E-state index contributed by atoms with van der Waals surface area (Å²) in [5.41, 5.74) is 0.255. The molecular formula is C18H16ClNO5S2. The highest BCUT2D eigenvalue weighted by Gasteiger charge is 2.29. The molecule has 0 amide bonds. The van der Waals surface area contributed by atoms with Crippen LogP contribution in [0.5, 0.6) is 5.75 Å². The van der Waals surface area contributed by atoms with E-state index in [1.807, 2.05) is 0 Å². The highest BCUT2D eigenvalue weighted by atomic mass is 35.5. The summed E-state index contributed by atoms with van der Waals surface area (Å²) < 4.78 is 39.4. The smallest absolute Gasteiger partial charge is 0.349 e. The molecule has 0 radical (unpaired) electrons. The zero-order chi connectivity index (χ0) is 19.6. The van der Waals surface area contributed by atoms with Crippen molar-refractivity contribution >= 4 is 54.7 Å². The van der Waals surface area contributed by atoms with E-state index in [1.54, 1.807) is 37.3 Å². The van der Waals surface area contributed by atoms with Gasteiger partial charge in [-0.2, -0.15) is 0 Å². The van der Waals surface area contributed by atoms with Crippen LogP contribution in [0.1, 0.15) is 16.6 Å². The van der Waals surface area contributed by atoms with E-state index >= 15 is 0 Å². The number of rotatable bonds is 6. The van der Waals surface area contributed by atoms with Gasteiger partial charge in [0, 0.05) is 10.1 Å². The minimum Gasteiger partial charge on any atom is -0.495 e. The molecule has 2 aromatic carbocycles. The van der Waals surface area contributed by atoms with E-state index in [1.165, 1.54) is 19.2 Å². The van der Waals surface area contributed by atoms with Crippen molar-refractivity contribution in [2.75, 3.05) is 18.4 Å². The number of nitrogens with one attached hydrogen (secondary N) is 1. The lowest BCUT2D eigenvalue weighted by Gasteiger charge is -2.11. The molecule has 0 saturated heterocycles. The molecule has 0 bridgehead atoms. The molecule has 0 aliphatic carbocycles. The van der Waals surface area contributed by atoms with Crippen LogP contribution in [-0.2, 0) is 14.8 Å². The van der Waals surface area contributed by atoms with Crippen LogP contribution in [-0.4, -0.2) is 28.1 Å². The third kappa shape index (κ3) is 3.87. The number of sulfonamides is 1. The van der Waals surface area contributed by atoms with Crippen molar-refractivity contribution in [2.45, 2.75) is 11.8 Å². The van der Waals surface area contributed by atoms with Crippen molar-refractivity contribution in [1.82, 2.24) is 0 Å². The van der Waals surface area contributed by atoms with E-state index < -0.39 is 16.0 Å². The second-order valence-electron chi connectivity index (χ2n) is 5.43. The Morgan fingerprint density at radius 2 is 1.96 bits per heavy atom. The highest BCUT2D eigenvalue weighted by molar-refractivity contribution is 7.93. The number of thiophene rings is 1. The van der Waals surface area contributed by atoms with Gasteiger partial charge in [-0.15, -0.1) is 11.3 Å². The highest BCUT2D eigenvalue weighted by Crippen LogP contribution is 2.37. The molecule has 1 aromatic heterocycles. The molecule has 3 aromatic rings. The number of hydrogen-bond acceptors (Lipinski definition) is 6. The van der Waals surface area contributed by atoms with Gasteiger partial charge in [0.25, 0.3) is 10.0 Å². The normalized spacial score (nSPS) is 11.4. The number of carbonyl (C=O) groups excluding carboxylic acids is 1. The molecule has 142 valence electrons. The van der Waals surface area contributed by atoms with Crippen molar-refractivity contribution in [2.24, 2.45) is 0 Å². The molecule has 1 heterocycles. The van der Waals surface area contributed by atoms with Gasteiger partial charge in [0.05, 0.1) is 24.4 Å². The zero-order valence-electron chi connectivity index (χ0n) is 14.5. The van der Waals surface area contributed by atoms with Crippen molar-refractivity contribution in [3.05, 3.63) is 52.4 Å². The quantitative estimate of drug-likeness (QED) is 0.586. The zero-order valence-corrected chi connectivity index (χ0v) is 16.9. The number of anilines is 1. The number of fused-ring (bicyclic) bond motifs is 1. The Morgan fingerprint density at radius 1 is 1.22 bits per heavy atom. The maximum atomic E-state index is 13.1. The second kappa shape index (κ2) is 7.75. The van der Waals surface area contributed by atoms with Gasteiger partial charge >= 0.3 is 5.97 Å². The summed E-state index contributed by atoms with van der Waals surface area (Å²) >= 11 is 7.15. The molecule has 0 saturated carbocycles. The number of carbonyl (C=O) groups is 1.